The van der Waals surface area contributed by atoms with Gasteiger partial charge in [0.05, 0.1) is 19.1 Å². The maximum Gasteiger partial charge on any atom is 0.208 e. The molecule has 5 nitrogen and oxygen atoms in total. The first kappa shape index (κ1) is 19.7. The number of phenolic OH excluding ortho intramolecular Hbond substituents is 1. The van der Waals surface area contributed by atoms with E-state index in [2.05, 4.69) is 0 Å². The summed E-state index contributed by atoms with van der Waals surface area (Å²) in [6.07, 6.45) is 4.38. The van der Waals surface area contributed by atoms with Gasteiger partial charge in [-0.25, -0.2) is 0 Å². The van der Waals surface area contributed by atoms with Gasteiger partial charge in [0, 0.05) is 12.0 Å². The molecule has 0 aliphatic heterocycles. The molecule has 26 heavy (non-hydrogen) atoms. The number of carbonyl (C=O) groups is 2. The number of aliphatic hydroxyl groups is 1. The number of aliphatic hydroxyl groups excluding tert-OH is 1. The number of methoxy groups -OCH3 is 1. The van der Waals surface area contributed by atoms with E-state index in [1.807, 2.05) is 19.9 Å². The number of Topliss-reactive ketones (excluding diaryl/α,β-unsaturated/α-hetero) is 2. The number of allylic oxidation sites excluding steroid dienone is 3. The van der Waals surface area contributed by atoms with Crippen molar-refractivity contribution >= 4 is 11.6 Å². The van der Waals surface area contributed by atoms with Crippen LogP contribution in [-0.2, 0) is 20.7 Å². The standard InChI is InChI=1S/C21H24O5/c1-13(2)4-9-16-19(26-3)11-10-17(20(16)24)21(25)18(23)12-14-5-7-15(22)8-6-14/h4-8,10-11,17,20,22,24H,9,12H2,1-3H3. The van der Waals surface area contributed by atoms with Gasteiger partial charge in [-0.15, -0.1) is 0 Å². The van der Waals surface area contributed by atoms with Crippen molar-refractivity contribution in [2.75, 3.05) is 7.11 Å². The number of ether oxygens (including phenoxy) is 1. The number of ketones is 2. The van der Waals surface area contributed by atoms with Crippen molar-refractivity contribution in [3.63, 3.8) is 0 Å². The highest BCUT2D eigenvalue weighted by molar-refractivity contribution is 6.39. The zero-order valence-electron chi connectivity index (χ0n) is 15.2. The summed E-state index contributed by atoms with van der Waals surface area (Å²) in [4.78, 5) is 24.9. The van der Waals surface area contributed by atoms with Crippen LogP contribution in [0, 0.1) is 5.92 Å². The molecular weight excluding hydrogens is 332 g/mol. The average Bonchev–Trinajstić information content (AvgIpc) is 2.61. The molecule has 1 aromatic carbocycles. The molecule has 1 aliphatic rings. The zero-order valence-corrected chi connectivity index (χ0v) is 15.2. The normalized spacial score (nSPS) is 19.2. The molecule has 1 aromatic rings. The Bertz CT molecular complexity index is 764. The van der Waals surface area contributed by atoms with E-state index in [1.165, 1.54) is 25.3 Å². The van der Waals surface area contributed by atoms with Crippen molar-refractivity contribution in [1.29, 1.82) is 0 Å². The van der Waals surface area contributed by atoms with Crippen molar-refractivity contribution < 1.29 is 24.5 Å². The molecule has 0 aromatic heterocycles. The lowest BCUT2D eigenvalue weighted by Crippen LogP contribution is -2.36. The van der Waals surface area contributed by atoms with Gasteiger partial charge in [-0.3, -0.25) is 9.59 Å². The highest BCUT2D eigenvalue weighted by atomic mass is 16.5. The van der Waals surface area contributed by atoms with Crippen LogP contribution in [0.15, 0.2) is 59.4 Å². The van der Waals surface area contributed by atoms with Crippen LogP contribution in [0.2, 0.25) is 0 Å². The number of hydrogen-bond donors (Lipinski definition) is 2. The maximum absolute atomic E-state index is 12.6. The van der Waals surface area contributed by atoms with E-state index in [0.29, 0.717) is 23.3 Å². The molecule has 2 rings (SSSR count). The van der Waals surface area contributed by atoms with Gasteiger partial charge in [-0.1, -0.05) is 29.9 Å². The summed E-state index contributed by atoms with van der Waals surface area (Å²) in [5.74, 6) is -1.51. The minimum atomic E-state index is -1.10. The summed E-state index contributed by atoms with van der Waals surface area (Å²) >= 11 is 0. The van der Waals surface area contributed by atoms with Gasteiger partial charge < -0.3 is 14.9 Å². The highest BCUT2D eigenvalue weighted by Gasteiger charge is 2.34. The van der Waals surface area contributed by atoms with Gasteiger partial charge in [-0.05, 0) is 44.0 Å². The first-order valence-corrected chi connectivity index (χ1v) is 8.45. The molecule has 5 heteroatoms. The summed E-state index contributed by atoms with van der Waals surface area (Å²) < 4.78 is 5.29. The molecule has 0 saturated heterocycles. The van der Waals surface area contributed by atoms with E-state index >= 15 is 0 Å². The Morgan fingerprint density at radius 3 is 2.42 bits per heavy atom. The van der Waals surface area contributed by atoms with Crippen LogP contribution >= 0.6 is 0 Å². The third-order valence-electron chi connectivity index (χ3n) is 4.30. The monoisotopic (exact) mass is 356 g/mol. The fourth-order valence-electron chi connectivity index (χ4n) is 2.80. The average molecular weight is 356 g/mol. The van der Waals surface area contributed by atoms with Gasteiger partial charge in [0.2, 0.25) is 11.6 Å². The Kier molecular flexibility index (Phi) is 6.52. The number of hydrogen-bond acceptors (Lipinski definition) is 5. The summed E-state index contributed by atoms with van der Waals surface area (Å²) in [7, 11) is 1.51. The predicted molar refractivity (Wildman–Crippen MR) is 98.5 cm³/mol. The van der Waals surface area contributed by atoms with Crippen molar-refractivity contribution in [3.05, 3.63) is 65.0 Å². The van der Waals surface area contributed by atoms with Crippen LogP contribution in [0.5, 0.6) is 5.75 Å². The van der Waals surface area contributed by atoms with Crippen LogP contribution in [0.4, 0.5) is 0 Å². The van der Waals surface area contributed by atoms with E-state index < -0.39 is 23.6 Å². The van der Waals surface area contributed by atoms with Crippen LogP contribution in [0.3, 0.4) is 0 Å². The Balaban J connectivity index is 2.15. The Morgan fingerprint density at radius 1 is 1.19 bits per heavy atom. The number of phenols is 1. The Labute approximate surface area is 153 Å². The number of aromatic hydroxyl groups is 1. The molecule has 2 atom stereocenters. The quantitative estimate of drug-likeness (QED) is 0.580. The predicted octanol–water partition coefficient (Wildman–Crippen LogP) is 2.88. The second kappa shape index (κ2) is 8.63. The highest BCUT2D eigenvalue weighted by Crippen LogP contribution is 2.29. The van der Waals surface area contributed by atoms with E-state index in [-0.39, 0.29) is 12.2 Å². The van der Waals surface area contributed by atoms with Crippen molar-refractivity contribution in [2.45, 2.75) is 32.8 Å². The molecule has 2 N–H and O–H groups in total. The molecule has 2 unspecified atom stereocenters. The van der Waals surface area contributed by atoms with E-state index in [9.17, 15) is 19.8 Å². The van der Waals surface area contributed by atoms with Gasteiger partial charge in [0.25, 0.3) is 0 Å². The van der Waals surface area contributed by atoms with Crippen molar-refractivity contribution in [3.8, 4) is 5.75 Å². The molecule has 0 radical (unpaired) electrons. The number of carbonyl (C=O) groups excluding carboxylic acids is 2. The van der Waals surface area contributed by atoms with Crippen LogP contribution in [0.25, 0.3) is 0 Å². The second-order valence-electron chi connectivity index (χ2n) is 6.54. The Morgan fingerprint density at radius 2 is 1.85 bits per heavy atom. The third-order valence-corrected chi connectivity index (χ3v) is 4.30. The first-order chi connectivity index (χ1) is 12.3. The third kappa shape index (κ3) is 4.70. The van der Waals surface area contributed by atoms with Crippen molar-refractivity contribution in [1.82, 2.24) is 0 Å². The van der Waals surface area contributed by atoms with E-state index in [0.717, 1.165) is 5.57 Å². The largest absolute Gasteiger partial charge is 0.508 e. The van der Waals surface area contributed by atoms with Crippen LogP contribution < -0.4 is 0 Å². The summed E-state index contributed by atoms with van der Waals surface area (Å²) in [6.45, 7) is 3.89. The van der Waals surface area contributed by atoms with Gasteiger partial charge in [-0.2, -0.15) is 0 Å². The van der Waals surface area contributed by atoms with Gasteiger partial charge in [0.15, 0.2) is 0 Å². The van der Waals surface area contributed by atoms with E-state index in [1.54, 1.807) is 18.2 Å². The molecule has 138 valence electrons. The molecule has 1 aliphatic carbocycles. The molecular formula is C21H24O5. The molecule has 0 fully saturated rings. The minimum absolute atomic E-state index is 0.0691. The summed E-state index contributed by atoms with van der Waals surface area (Å²) in [5.41, 5.74) is 2.31. The number of rotatable bonds is 7. The topological polar surface area (TPSA) is 83.8 Å². The lowest BCUT2D eigenvalue weighted by atomic mass is 9.83. The van der Waals surface area contributed by atoms with Crippen molar-refractivity contribution in [2.24, 2.45) is 5.92 Å². The fraction of sp³-hybridized carbons (Fsp3) is 0.333. The molecule has 0 amide bonds. The minimum Gasteiger partial charge on any atom is -0.508 e. The summed E-state index contributed by atoms with van der Waals surface area (Å²) in [6, 6.07) is 6.12. The lowest BCUT2D eigenvalue weighted by Gasteiger charge is -2.26. The van der Waals surface area contributed by atoms with Gasteiger partial charge >= 0.3 is 0 Å². The SMILES string of the molecule is COC1=C(CC=C(C)C)C(O)C(C(=O)C(=O)Cc2ccc(O)cc2)C=C1. The maximum atomic E-state index is 12.6. The molecule has 0 bridgehead atoms. The van der Waals surface area contributed by atoms with Crippen LogP contribution in [-0.4, -0.2) is 35.0 Å². The smallest absolute Gasteiger partial charge is 0.208 e. The van der Waals surface area contributed by atoms with Gasteiger partial charge in [0.1, 0.15) is 11.5 Å². The molecule has 0 heterocycles. The molecule has 0 saturated carbocycles. The molecule has 0 spiro atoms. The Hall–Kier alpha value is -2.66. The fourth-order valence-corrected chi connectivity index (χ4v) is 2.80. The first-order valence-electron chi connectivity index (χ1n) is 8.45. The number of benzene rings is 1. The zero-order chi connectivity index (χ0) is 19.3. The van der Waals surface area contributed by atoms with E-state index in [4.69, 9.17) is 4.74 Å². The van der Waals surface area contributed by atoms with Crippen LogP contribution in [0.1, 0.15) is 25.8 Å². The second-order valence-corrected chi connectivity index (χ2v) is 6.54. The summed E-state index contributed by atoms with van der Waals surface area (Å²) in [5, 5.41) is 19.9. The lowest BCUT2D eigenvalue weighted by molar-refractivity contribution is -0.139.